The summed E-state index contributed by atoms with van der Waals surface area (Å²) in [6.07, 6.45) is -1.89. The molecule has 170 valence electrons. The maximum absolute atomic E-state index is 13.1. The first-order valence-electron chi connectivity index (χ1n) is 9.59. The standard InChI is InChI=1S/C19H16Cl3F3N6O/c20-12-2-1-3-13(21)11(12)8-30-9-26-18(29-30)27-14(32)6-7-31-16(10-4-5-10)15(22)17(28-31)19(23,24)25/h1-3,9-10H,4-8H2,(H,27,29,32). The van der Waals surface area contributed by atoms with Gasteiger partial charge in [0.2, 0.25) is 11.9 Å². The fraction of sp³-hybridized carbons (Fsp3) is 0.368. The number of hydrogen-bond donors (Lipinski definition) is 1. The van der Waals surface area contributed by atoms with Crippen LogP contribution in [0.3, 0.4) is 0 Å². The van der Waals surface area contributed by atoms with Crippen molar-refractivity contribution < 1.29 is 18.0 Å². The highest BCUT2D eigenvalue weighted by atomic mass is 35.5. The number of amides is 1. The Bertz CT molecular complexity index is 1140. The molecule has 1 fully saturated rings. The molecule has 0 saturated heterocycles. The molecule has 4 rings (SSSR count). The van der Waals surface area contributed by atoms with Crippen molar-refractivity contribution in [2.75, 3.05) is 5.32 Å². The van der Waals surface area contributed by atoms with Crippen molar-refractivity contribution >= 4 is 46.7 Å². The summed E-state index contributed by atoms with van der Waals surface area (Å²) in [7, 11) is 0. The Hall–Kier alpha value is -2.30. The van der Waals surface area contributed by atoms with E-state index in [4.69, 9.17) is 34.8 Å². The van der Waals surface area contributed by atoms with Crippen LogP contribution in [0.25, 0.3) is 0 Å². The summed E-state index contributed by atoms with van der Waals surface area (Å²) in [6.45, 7) is 0.196. The normalized spacial score (nSPS) is 14.1. The van der Waals surface area contributed by atoms with Gasteiger partial charge >= 0.3 is 6.18 Å². The molecule has 0 unspecified atom stereocenters. The second kappa shape index (κ2) is 8.92. The van der Waals surface area contributed by atoms with Crippen LogP contribution < -0.4 is 5.32 Å². The third kappa shape index (κ3) is 5.02. The molecule has 1 N–H and O–H groups in total. The van der Waals surface area contributed by atoms with E-state index in [1.165, 1.54) is 15.7 Å². The van der Waals surface area contributed by atoms with E-state index in [1.807, 2.05) is 0 Å². The molecule has 7 nitrogen and oxygen atoms in total. The molecule has 1 aromatic carbocycles. The van der Waals surface area contributed by atoms with Crippen LogP contribution in [0.4, 0.5) is 19.1 Å². The van der Waals surface area contributed by atoms with Crippen LogP contribution in [0.5, 0.6) is 0 Å². The first-order valence-corrected chi connectivity index (χ1v) is 10.7. The molecular formula is C19H16Cl3F3N6O. The first-order chi connectivity index (χ1) is 15.1. The summed E-state index contributed by atoms with van der Waals surface area (Å²) >= 11 is 18.2. The van der Waals surface area contributed by atoms with Gasteiger partial charge in [0.1, 0.15) is 6.33 Å². The largest absolute Gasteiger partial charge is 0.436 e. The molecule has 0 atom stereocenters. The van der Waals surface area contributed by atoms with E-state index < -0.39 is 17.8 Å². The van der Waals surface area contributed by atoms with E-state index in [0.717, 1.165) is 12.8 Å². The molecule has 0 bridgehead atoms. The smallest absolute Gasteiger partial charge is 0.293 e. The molecular weight excluding hydrogens is 492 g/mol. The predicted molar refractivity (Wildman–Crippen MR) is 113 cm³/mol. The van der Waals surface area contributed by atoms with Gasteiger partial charge < -0.3 is 0 Å². The van der Waals surface area contributed by atoms with Crippen molar-refractivity contribution in [3.05, 3.63) is 56.5 Å². The van der Waals surface area contributed by atoms with Gasteiger partial charge in [-0.3, -0.25) is 14.8 Å². The second-order valence-electron chi connectivity index (χ2n) is 7.31. The highest BCUT2D eigenvalue weighted by molar-refractivity contribution is 6.36. The summed E-state index contributed by atoms with van der Waals surface area (Å²) in [5, 5.41) is 10.8. The molecule has 0 spiro atoms. The number of alkyl halides is 3. The number of rotatable bonds is 7. The number of anilines is 1. The highest BCUT2D eigenvalue weighted by Gasteiger charge is 2.42. The zero-order valence-corrected chi connectivity index (χ0v) is 18.6. The first kappa shape index (κ1) is 22.9. The molecule has 1 amide bonds. The van der Waals surface area contributed by atoms with Gasteiger partial charge in [-0.2, -0.15) is 18.3 Å². The molecule has 1 aliphatic rings. The van der Waals surface area contributed by atoms with Crippen molar-refractivity contribution in [3.8, 4) is 0 Å². The van der Waals surface area contributed by atoms with Crippen LogP contribution in [-0.2, 0) is 24.1 Å². The fourth-order valence-corrected chi connectivity index (χ4v) is 4.13. The van der Waals surface area contributed by atoms with Crippen LogP contribution >= 0.6 is 34.8 Å². The van der Waals surface area contributed by atoms with Gasteiger partial charge in [-0.15, -0.1) is 5.10 Å². The zero-order chi connectivity index (χ0) is 23.0. The molecule has 1 aliphatic carbocycles. The number of carbonyl (C=O) groups excluding carboxylic acids is 1. The molecule has 1 saturated carbocycles. The van der Waals surface area contributed by atoms with Crippen molar-refractivity contribution in [3.63, 3.8) is 0 Å². The summed E-state index contributed by atoms with van der Waals surface area (Å²) in [6, 6.07) is 5.12. The van der Waals surface area contributed by atoms with E-state index in [9.17, 15) is 18.0 Å². The Kier molecular flexibility index (Phi) is 6.37. The van der Waals surface area contributed by atoms with E-state index >= 15 is 0 Å². The Balaban J connectivity index is 1.39. The topological polar surface area (TPSA) is 77.6 Å². The van der Waals surface area contributed by atoms with Crippen LogP contribution in [0.15, 0.2) is 24.5 Å². The van der Waals surface area contributed by atoms with E-state index in [2.05, 4.69) is 20.5 Å². The lowest BCUT2D eigenvalue weighted by Gasteiger charge is -2.07. The number of benzene rings is 1. The predicted octanol–water partition coefficient (Wildman–Crippen LogP) is 5.41. The third-order valence-electron chi connectivity index (χ3n) is 4.88. The molecule has 32 heavy (non-hydrogen) atoms. The number of carbonyl (C=O) groups is 1. The minimum absolute atomic E-state index is 0.0510. The fourth-order valence-electron chi connectivity index (χ4n) is 3.22. The van der Waals surface area contributed by atoms with Crippen LogP contribution in [-0.4, -0.2) is 30.5 Å². The number of aromatic nitrogens is 5. The highest BCUT2D eigenvalue weighted by Crippen LogP contribution is 2.46. The minimum Gasteiger partial charge on any atom is -0.293 e. The molecule has 3 aromatic rings. The van der Waals surface area contributed by atoms with E-state index in [1.54, 1.807) is 18.2 Å². The molecule has 0 aliphatic heterocycles. The Morgan fingerprint density at radius 3 is 2.47 bits per heavy atom. The van der Waals surface area contributed by atoms with Gasteiger partial charge in [0, 0.05) is 27.9 Å². The average molecular weight is 508 g/mol. The van der Waals surface area contributed by atoms with Gasteiger partial charge in [0.05, 0.1) is 23.8 Å². The average Bonchev–Trinajstić information content (AvgIpc) is 3.35. The molecule has 0 radical (unpaired) electrons. The maximum Gasteiger partial charge on any atom is 0.436 e. The van der Waals surface area contributed by atoms with Gasteiger partial charge in [-0.25, -0.2) is 9.67 Å². The van der Waals surface area contributed by atoms with E-state index in [-0.39, 0.29) is 36.4 Å². The summed E-state index contributed by atoms with van der Waals surface area (Å²) < 4.78 is 42.1. The van der Waals surface area contributed by atoms with E-state index in [0.29, 0.717) is 21.3 Å². The maximum atomic E-state index is 13.1. The SMILES string of the molecule is O=C(CCn1nc(C(F)(F)F)c(Cl)c1C1CC1)Nc1ncn(Cc2c(Cl)cccc2Cl)n1. The number of halogens is 6. The van der Waals surface area contributed by atoms with Crippen molar-refractivity contribution in [1.29, 1.82) is 0 Å². The Morgan fingerprint density at radius 1 is 1.16 bits per heavy atom. The summed E-state index contributed by atoms with van der Waals surface area (Å²) in [5.41, 5.74) is -0.145. The van der Waals surface area contributed by atoms with Crippen LogP contribution in [0, 0.1) is 0 Å². The molecule has 2 heterocycles. The molecule has 2 aromatic heterocycles. The minimum atomic E-state index is -4.66. The number of aryl methyl sites for hydroxylation is 1. The van der Waals surface area contributed by atoms with Crippen LogP contribution in [0.1, 0.15) is 42.1 Å². The van der Waals surface area contributed by atoms with Gasteiger partial charge in [-0.1, -0.05) is 40.9 Å². The van der Waals surface area contributed by atoms with Gasteiger partial charge in [0.25, 0.3) is 0 Å². The lowest BCUT2D eigenvalue weighted by Crippen LogP contribution is -2.17. The lowest BCUT2D eigenvalue weighted by molar-refractivity contribution is -0.141. The number of nitrogens with one attached hydrogen (secondary N) is 1. The van der Waals surface area contributed by atoms with Gasteiger partial charge in [0.15, 0.2) is 5.69 Å². The van der Waals surface area contributed by atoms with Crippen LogP contribution in [0.2, 0.25) is 15.1 Å². The second-order valence-corrected chi connectivity index (χ2v) is 8.50. The quantitative estimate of drug-likeness (QED) is 0.464. The van der Waals surface area contributed by atoms with Gasteiger partial charge in [-0.05, 0) is 25.0 Å². The Morgan fingerprint density at radius 2 is 1.84 bits per heavy atom. The lowest BCUT2D eigenvalue weighted by atomic mass is 10.2. The zero-order valence-electron chi connectivity index (χ0n) is 16.3. The van der Waals surface area contributed by atoms with Crippen molar-refractivity contribution in [1.82, 2.24) is 24.5 Å². The van der Waals surface area contributed by atoms with Crippen molar-refractivity contribution in [2.45, 2.75) is 44.4 Å². The Labute approximate surface area is 195 Å². The summed E-state index contributed by atoms with van der Waals surface area (Å²) in [5.74, 6) is -0.487. The third-order valence-corrected chi connectivity index (χ3v) is 5.97. The monoisotopic (exact) mass is 506 g/mol. The molecule has 13 heteroatoms. The van der Waals surface area contributed by atoms with Crippen molar-refractivity contribution in [2.24, 2.45) is 0 Å². The number of hydrogen-bond acceptors (Lipinski definition) is 4. The summed E-state index contributed by atoms with van der Waals surface area (Å²) in [4.78, 5) is 16.3. The number of nitrogens with zero attached hydrogens (tertiary/aromatic N) is 5.